The molecule has 0 aromatic carbocycles. The fourth-order valence-electron chi connectivity index (χ4n) is 7.61. The molecule has 7 atom stereocenters. The molecule has 0 amide bonds. The van der Waals surface area contributed by atoms with Crippen molar-refractivity contribution in [1.29, 1.82) is 0 Å². The molecular formula is C25H30O8. The van der Waals surface area contributed by atoms with E-state index in [9.17, 15) is 29.1 Å². The topological polar surface area (TPSA) is 124 Å². The van der Waals surface area contributed by atoms with E-state index in [0.717, 1.165) is 5.57 Å². The van der Waals surface area contributed by atoms with Crippen molar-refractivity contribution in [3.05, 3.63) is 23.8 Å². The Morgan fingerprint density at radius 2 is 1.79 bits per heavy atom. The Bertz CT molecular complexity index is 1010. The van der Waals surface area contributed by atoms with E-state index in [1.807, 2.05) is 6.08 Å². The van der Waals surface area contributed by atoms with Gasteiger partial charge in [0.2, 0.25) is 0 Å². The van der Waals surface area contributed by atoms with Crippen molar-refractivity contribution in [2.24, 2.45) is 28.6 Å². The van der Waals surface area contributed by atoms with E-state index in [1.165, 1.54) is 13.8 Å². The van der Waals surface area contributed by atoms with Gasteiger partial charge in [0, 0.05) is 30.6 Å². The number of aliphatic carboxylic acids is 1. The van der Waals surface area contributed by atoms with Crippen molar-refractivity contribution < 1.29 is 38.6 Å². The zero-order valence-electron chi connectivity index (χ0n) is 19.4. The summed E-state index contributed by atoms with van der Waals surface area (Å²) in [5.41, 5.74) is -2.32. The van der Waals surface area contributed by atoms with E-state index in [-0.39, 0.29) is 36.4 Å². The van der Waals surface area contributed by atoms with Gasteiger partial charge in [0.25, 0.3) is 5.78 Å². The summed E-state index contributed by atoms with van der Waals surface area (Å²) >= 11 is 0. The Morgan fingerprint density at radius 1 is 1.09 bits per heavy atom. The van der Waals surface area contributed by atoms with Gasteiger partial charge in [-0.25, -0.2) is 4.79 Å². The molecule has 0 aromatic rings. The molecule has 0 aromatic heterocycles. The van der Waals surface area contributed by atoms with Crippen molar-refractivity contribution >= 4 is 29.5 Å². The lowest BCUT2D eigenvalue weighted by Gasteiger charge is -2.60. The Kier molecular flexibility index (Phi) is 5.41. The molecule has 1 N–H and O–H groups in total. The van der Waals surface area contributed by atoms with E-state index >= 15 is 0 Å². The summed E-state index contributed by atoms with van der Waals surface area (Å²) in [7, 11) is 0. The smallest absolute Gasteiger partial charge is 0.376 e. The van der Waals surface area contributed by atoms with Crippen LogP contribution in [0.15, 0.2) is 23.8 Å². The number of rotatable bonds is 4. The number of hydrogen-bond acceptors (Lipinski definition) is 7. The number of carbonyl (C=O) groups excluding carboxylic acids is 4. The van der Waals surface area contributed by atoms with Crippen LogP contribution >= 0.6 is 0 Å². The number of ether oxygens (including phenoxy) is 2. The summed E-state index contributed by atoms with van der Waals surface area (Å²) in [6.45, 7) is 6.34. The molecule has 3 fully saturated rings. The molecule has 3 saturated carbocycles. The van der Waals surface area contributed by atoms with Gasteiger partial charge in [-0.2, -0.15) is 0 Å². The van der Waals surface area contributed by atoms with Gasteiger partial charge in [-0.1, -0.05) is 25.5 Å². The number of Topliss-reactive ketones (excluding diaryl/α,β-unsaturated/α-hetero) is 1. The van der Waals surface area contributed by atoms with E-state index in [4.69, 9.17) is 9.47 Å². The third-order valence-corrected chi connectivity index (χ3v) is 8.79. The first kappa shape index (κ1) is 23.4. The number of carboxylic acids is 1. The molecule has 4 rings (SSSR count). The molecule has 0 aliphatic heterocycles. The summed E-state index contributed by atoms with van der Waals surface area (Å²) in [4.78, 5) is 61.1. The SMILES string of the molecule is CC(=O)OC1C[C@@]2(C)[C@@H](CC[C@]2(OC(C)=O)C(=O)C(=O)O)[C@@H]2CCC3=CC(=O)C=C[C@]3(C)[C@@H]12. The molecule has 178 valence electrons. The van der Waals surface area contributed by atoms with Gasteiger partial charge in [0.15, 0.2) is 11.4 Å². The van der Waals surface area contributed by atoms with Crippen LogP contribution in [0.4, 0.5) is 0 Å². The zero-order chi connectivity index (χ0) is 24.3. The molecule has 0 heterocycles. The number of esters is 2. The van der Waals surface area contributed by atoms with Gasteiger partial charge in [-0.05, 0) is 56.1 Å². The molecular weight excluding hydrogens is 428 g/mol. The second kappa shape index (κ2) is 7.64. The molecule has 0 bridgehead atoms. The number of hydrogen-bond donors (Lipinski definition) is 1. The number of ketones is 2. The number of fused-ring (bicyclic) bond motifs is 5. The van der Waals surface area contributed by atoms with Gasteiger partial charge >= 0.3 is 17.9 Å². The van der Waals surface area contributed by atoms with Crippen molar-refractivity contribution in [1.82, 2.24) is 0 Å². The Hall–Kier alpha value is -2.77. The first-order valence-electron chi connectivity index (χ1n) is 11.4. The molecule has 0 radical (unpaired) electrons. The number of allylic oxidation sites excluding steroid dienone is 4. The third kappa shape index (κ3) is 3.28. The lowest BCUT2D eigenvalue weighted by atomic mass is 9.46. The highest BCUT2D eigenvalue weighted by Gasteiger charge is 2.72. The van der Waals surface area contributed by atoms with Crippen LogP contribution in [0.25, 0.3) is 0 Å². The molecule has 0 spiro atoms. The maximum Gasteiger partial charge on any atom is 0.376 e. The minimum absolute atomic E-state index is 0.00729. The van der Waals surface area contributed by atoms with Gasteiger partial charge in [-0.15, -0.1) is 0 Å². The van der Waals surface area contributed by atoms with E-state index in [0.29, 0.717) is 19.3 Å². The second-order valence-electron chi connectivity index (χ2n) is 10.4. The molecule has 1 unspecified atom stereocenters. The predicted molar refractivity (Wildman–Crippen MR) is 115 cm³/mol. The minimum Gasteiger partial charge on any atom is -0.475 e. The van der Waals surface area contributed by atoms with Crippen molar-refractivity contribution in [2.45, 2.75) is 71.5 Å². The van der Waals surface area contributed by atoms with Gasteiger partial charge in [0.1, 0.15) is 6.10 Å². The molecule has 0 saturated heterocycles. The van der Waals surface area contributed by atoms with Crippen LogP contribution in [0, 0.1) is 28.6 Å². The van der Waals surface area contributed by atoms with Gasteiger partial charge in [0.05, 0.1) is 0 Å². The van der Waals surface area contributed by atoms with E-state index < -0.39 is 46.2 Å². The van der Waals surface area contributed by atoms with Crippen LogP contribution in [0.5, 0.6) is 0 Å². The predicted octanol–water partition coefficient (Wildman–Crippen LogP) is 2.79. The van der Waals surface area contributed by atoms with Crippen LogP contribution in [0.1, 0.15) is 59.8 Å². The largest absolute Gasteiger partial charge is 0.475 e. The highest BCUT2D eigenvalue weighted by molar-refractivity contribution is 6.36. The minimum atomic E-state index is -1.81. The van der Waals surface area contributed by atoms with Crippen molar-refractivity contribution in [3.8, 4) is 0 Å². The van der Waals surface area contributed by atoms with Crippen LogP contribution in [0.3, 0.4) is 0 Å². The maximum atomic E-state index is 13.0. The number of carboxylic acid groups (broad SMARTS) is 1. The summed E-state index contributed by atoms with van der Waals surface area (Å²) < 4.78 is 11.4. The van der Waals surface area contributed by atoms with E-state index in [1.54, 1.807) is 19.1 Å². The Balaban J connectivity index is 1.85. The van der Waals surface area contributed by atoms with Gasteiger partial charge < -0.3 is 14.6 Å². The first-order valence-corrected chi connectivity index (χ1v) is 11.4. The summed E-state index contributed by atoms with van der Waals surface area (Å²) in [5.74, 6) is -4.28. The first-order chi connectivity index (χ1) is 15.4. The molecule has 33 heavy (non-hydrogen) atoms. The molecule has 8 heteroatoms. The average molecular weight is 459 g/mol. The lowest BCUT2D eigenvalue weighted by Crippen LogP contribution is -2.63. The average Bonchev–Trinajstić information content (AvgIpc) is 2.99. The zero-order valence-corrected chi connectivity index (χ0v) is 19.4. The highest BCUT2D eigenvalue weighted by atomic mass is 16.6. The lowest BCUT2D eigenvalue weighted by molar-refractivity contribution is -0.205. The normalized spacial score (nSPS) is 41.2. The van der Waals surface area contributed by atoms with Crippen molar-refractivity contribution in [3.63, 3.8) is 0 Å². The summed E-state index contributed by atoms with van der Waals surface area (Å²) in [5, 5.41) is 9.61. The van der Waals surface area contributed by atoms with Crippen LogP contribution < -0.4 is 0 Å². The van der Waals surface area contributed by atoms with Crippen LogP contribution in [0.2, 0.25) is 0 Å². The highest BCUT2D eigenvalue weighted by Crippen LogP contribution is 2.68. The Morgan fingerprint density at radius 3 is 2.39 bits per heavy atom. The van der Waals surface area contributed by atoms with Gasteiger partial charge in [-0.3, -0.25) is 19.2 Å². The standard InChI is InChI=1S/C25H30O8/c1-13(26)32-19-12-24(4)18(8-10-25(24,33-14(2)27)21(29)22(30)31)17-6-5-15-11-16(28)7-9-23(15,3)20(17)19/h7,9,11,17-20H,5-6,8,10,12H2,1-4H3,(H,30,31)/t17-,18-,19?,20+,23-,24-,25-/m0/s1. The molecule has 8 nitrogen and oxygen atoms in total. The fourth-order valence-corrected chi connectivity index (χ4v) is 7.61. The monoisotopic (exact) mass is 458 g/mol. The third-order valence-electron chi connectivity index (χ3n) is 8.79. The summed E-state index contributed by atoms with van der Waals surface area (Å²) in [6, 6.07) is 0. The van der Waals surface area contributed by atoms with E-state index in [2.05, 4.69) is 6.92 Å². The maximum absolute atomic E-state index is 13.0. The van der Waals surface area contributed by atoms with Crippen LogP contribution in [-0.4, -0.2) is 46.3 Å². The Labute approximate surface area is 192 Å². The fraction of sp³-hybridized carbons (Fsp3) is 0.640. The quantitative estimate of drug-likeness (QED) is 0.504. The molecule has 4 aliphatic rings. The second-order valence-corrected chi connectivity index (χ2v) is 10.4. The molecule has 4 aliphatic carbocycles. The van der Waals surface area contributed by atoms with Crippen molar-refractivity contribution in [2.75, 3.05) is 0 Å². The number of carbonyl (C=O) groups is 5. The summed E-state index contributed by atoms with van der Waals surface area (Å²) in [6.07, 6.45) is 6.71. The van der Waals surface area contributed by atoms with Crippen LogP contribution in [-0.2, 0) is 33.4 Å².